The lowest BCUT2D eigenvalue weighted by Gasteiger charge is -2.09. The van der Waals surface area contributed by atoms with E-state index in [4.69, 9.17) is 10.4 Å². The molecule has 2 rings (SSSR count). The van der Waals surface area contributed by atoms with Gasteiger partial charge in [-0.1, -0.05) is 12.1 Å². The second-order valence-electron chi connectivity index (χ2n) is 4.11. The van der Waals surface area contributed by atoms with Crippen LogP contribution in [0.4, 0.5) is 10.1 Å². The molecule has 0 aliphatic rings. The molecule has 0 heterocycles. The van der Waals surface area contributed by atoms with Crippen LogP contribution < -0.4 is 5.32 Å². The van der Waals surface area contributed by atoms with E-state index in [-0.39, 0.29) is 11.3 Å². The van der Waals surface area contributed by atoms with Gasteiger partial charge in [-0.25, -0.2) is 9.18 Å². The Balaban J connectivity index is 2.34. The van der Waals surface area contributed by atoms with Gasteiger partial charge in [0.2, 0.25) is 0 Å². The maximum Gasteiger partial charge on any atom is 0.340 e. The molecule has 2 N–H and O–H groups in total. The summed E-state index contributed by atoms with van der Waals surface area (Å²) in [6.07, 6.45) is 0. The molecule has 0 aliphatic carbocycles. The standard InChI is InChI=1S/C15H9FN2O3/c16-11-5-2-6-12(13(11)15(20)21)18-14(19)10-4-1-3-9(7-10)8-17/h1-7H,(H,18,19)(H,20,21). The minimum Gasteiger partial charge on any atom is -0.478 e. The summed E-state index contributed by atoms with van der Waals surface area (Å²) in [5.74, 6) is -3.04. The number of carboxylic acid groups (broad SMARTS) is 1. The third-order valence-electron chi connectivity index (χ3n) is 2.73. The molecule has 0 bridgehead atoms. The molecule has 21 heavy (non-hydrogen) atoms. The molecule has 0 saturated heterocycles. The molecule has 104 valence electrons. The van der Waals surface area contributed by atoms with Crippen LogP contribution in [0.1, 0.15) is 26.3 Å². The molecule has 2 aromatic carbocycles. The van der Waals surface area contributed by atoms with Crippen LogP contribution in [-0.2, 0) is 0 Å². The molecule has 0 unspecified atom stereocenters. The number of carboxylic acids is 1. The first kappa shape index (κ1) is 14.2. The molecule has 0 fully saturated rings. The summed E-state index contributed by atoms with van der Waals surface area (Å²) in [7, 11) is 0. The fourth-order valence-electron chi connectivity index (χ4n) is 1.77. The second-order valence-corrected chi connectivity index (χ2v) is 4.11. The van der Waals surface area contributed by atoms with Crippen molar-refractivity contribution in [2.75, 3.05) is 5.32 Å². The molecule has 0 radical (unpaired) electrons. The van der Waals surface area contributed by atoms with Gasteiger partial charge in [-0.15, -0.1) is 0 Å². The van der Waals surface area contributed by atoms with Crippen molar-refractivity contribution in [2.24, 2.45) is 0 Å². The van der Waals surface area contributed by atoms with E-state index in [2.05, 4.69) is 5.32 Å². The Labute approximate surface area is 119 Å². The third kappa shape index (κ3) is 3.04. The number of rotatable bonds is 3. The van der Waals surface area contributed by atoms with Gasteiger partial charge < -0.3 is 10.4 Å². The zero-order chi connectivity index (χ0) is 15.4. The van der Waals surface area contributed by atoms with Crippen LogP contribution in [0.3, 0.4) is 0 Å². The van der Waals surface area contributed by atoms with E-state index in [1.165, 1.54) is 36.4 Å². The van der Waals surface area contributed by atoms with Crippen LogP contribution >= 0.6 is 0 Å². The number of anilines is 1. The Hall–Kier alpha value is -3.20. The van der Waals surface area contributed by atoms with Crippen LogP contribution in [-0.4, -0.2) is 17.0 Å². The van der Waals surface area contributed by atoms with Crippen molar-refractivity contribution in [3.63, 3.8) is 0 Å². The van der Waals surface area contributed by atoms with Gasteiger partial charge in [0.1, 0.15) is 11.4 Å². The maximum absolute atomic E-state index is 13.5. The number of halogens is 1. The monoisotopic (exact) mass is 284 g/mol. The van der Waals surface area contributed by atoms with Crippen molar-refractivity contribution in [3.8, 4) is 6.07 Å². The fourth-order valence-corrected chi connectivity index (χ4v) is 1.77. The van der Waals surface area contributed by atoms with E-state index in [0.29, 0.717) is 5.56 Å². The highest BCUT2D eigenvalue weighted by molar-refractivity contribution is 6.07. The van der Waals surface area contributed by atoms with Gasteiger partial charge in [-0.3, -0.25) is 4.79 Å². The number of hydrogen-bond donors (Lipinski definition) is 2. The number of carbonyl (C=O) groups excluding carboxylic acids is 1. The number of amides is 1. The summed E-state index contributed by atoms with van der Waals surface area (Å²) in [6, 6.07) is 11.3. The van der Waals surface area contributed by atoms with Gasteiger partial charge in [-0.2, -0.15) is 5.26 Å². The Morgan fingerprint density at radius 2 is 1.90 bits per heavy atom. The van der Waals surface area contributed by atoms with Crippen LogP contribution in [0.2, 0.25) is 0 Å². The Morgan fingerprint density at radius 1 is 1.19 bits per heavy atom. The highest BCUT2D eigenvalue weighted by atomic mass is 19.1. The van der Waals surface area contributed by atoms with Crippen molar-refractivity contribution in [1.29, 1.82) is 5.26 Å². The first-order valence-corrected chi connectivity index (χ1v) is 5.86. The smallest absolute Gasteiger partial charge is 0.340 e. The van der Waals surface area contributed by atoms with E-state index in [1.54, 1.807) is 0 Å². The maximum atomic E-state index is 13.5. The predicted octanol–water partition coefficient (Wildman–Crippen LogP) is 2.65. The highest BCUT2D eigenvalue weighted by Crippen LogP contribution is 2.20. The minimum atomic E-state index is -1.48. The molecular weight excluding hydrogens is 275 g/mol. The number of carbonyl (C=O) groups is 2. The number of nitrogens with zero attached hydrogens (tertiary/aromatic N) is 1. The summed E-state index contributed by atoms with van der Waals surface area (Å²) >= 11 is 0. The molecule has 0 atom stereocenters. The summed E-state index contributed by atoms with van der Waals surface area (Å²) in [5.41, 5.74) is -0.285. The van der Waals surface area contributed by atoms with Crippen molar-refractivity contribution < 1.29 is 19.1 Å². The normalized spacial score (nSPS) is 9.71. The average molecular weight is 284 g/mol. The van der Waals surface area contributed by atoms with Crippen LogP contribution in [0.5, 0.6) is 0 Å². The molecule has 0 saturated carbocycles. The van der Waals surface area contributed by atoms with E-state index >= 15 is 0 Å². The average Bonchev–Trinajstić information content (AvgIpc) is 2.47. The summed E-state index contributed by atoms with van der Waals surface area (Å²) in [5, 5.41) is 20.1. The van der Waals surface area contributed by atoms with E-state index in [9.17, 15) is 14.0 Å². The van der Waals surface area contributed by atoms with E-state index in [1.807, 2.05) is 6.07 Å². The summed E-state index contributed by atoms with van der Waals surface area (Å²) in [4.78, 5) is 23.1. The molecule has 1 amide bonds. The van der Waals surface area contributed by atoms with E-state index < -0.39 is 23.3 Å². The number of nitriles is 1. The van der Waals surface area contributed by atoms with Crippen molar-refractivity contribution in [2.45, 2.75) is 0 Å². The molecule has 5 nitrogen and oxygen atoms in total. The van der Waals surface area contributed by atoms with Gasteiger partial charge >= 0.3 is 5.97 Å². The highest BCUT2D eigenvalue weighted by Gasteiger charge is 2.17. The molecule has 0 aromatic heterocycles. The van der Waals surface area contributed by atoms with Crippen LogP contribution in [0.25, 0.3) is 0 Å². The van der Waals surface area contributed by atoms with Gasteiger partial charge in [0.25, 0.3) is 5.91 Å². The van der Waals surface area contributed by atoms with Crippen molar-refractivity contribution in [1.82, 2.24) is 0 Å². The quantitative estimate of drug-likeness (QED) is 0.906. The SMILES string of the molecule is N#Cc1cccc(C(=O)Nc2cccc(F)c2C(=O)O)c1. The van der Waals surface area contributed by atoms with Crippen LogP contribution in [0, 0.1) is 17.1 Å². The van der Waals surface area contributed by atoms with Gasteiger partial charge in [0.05, 0.1) is 17.3 Å². The predicted molar refractivity (Wildman–Crippen MR) is 72.5 cm³/mol. The first-order valence-electron chi connectivity index (χ1n) is 5.86. The topological polar surface area (TPSA) is 90.2 Å². The summed E-state index contributed by atoms with van der Waals surface area (Å²) < 4.78 is 13.5. The third-order valence-corrected chi connectivity index (χ3v) is 2.73. The van der Waals surface area contributed by atoms with Crippen LogP contribution in [0.15, 0.2) is 42.5 Å². The summed E-state index contributed by atoms with van der Waals surface area (Å²) in [6.45, 7) is 0. The lowest BCUT2D eigenvalue weighted by atomic mass is 10.1. The number of benzene rings is 2. The Bertz CT molecular complexity index is 766. The van der Waals surface area contributed by atoms with Gasteiger partial charge in [0.15, 0.2) is 0 Å². The first-order chi connectivity index (χ1) is 10.0. The Morgan fingerprint density at radius 3 is 2.57 bits per heavy atom. The zero-order valence-corrected chi connectivity index (χ0v) is 10.6. The Kier molecular flexibility index (Phi) is 3.95. The van der Waals surface area contributed by atoms with Crippen molar-refractivity contribution >= 4 is 17.6 Å². The molecule has 0 spiro atoms. The van der Waals surface area contributed by atoms with Gasteiger partial charge in [-0.05, 0) is 30.3 Å². The minimum absolute atomic E-state index is 0.144. The fraction of sp³-hybridized carbons (Fsp3) is 0. The zero-order valence-electron chi connectivity index (χ0n) is 10.6. The van der Waals surface area contributed by atoms with E-state index in [0.717, 1.165) is 6.07 Å². The molecule has 2 aromatic rings. The molecule has 6 heteroatoms. The lowest BCUT2D eigenvalue weighted by molar-refractivity contribution is 0.0693. The van der Waals surface area contributed by atoms with Gasteiger partial charge in [0, 0.05) is 5.56 Å². The lowest BCUT2D eigenvalue weighted by Crippen LogP contribution is -2.15. The number of nitrogens with one attached hydrogen (secondary N) is 1. The second kappa shape index (κ2) is 5.84. The number of aromatic carboxylic acids is 1. The van der Waals surface area contributed by atoms with Crippen molar-refractivity contribution in [3.05, 3.63) is 65.0 Å². The molecular formula is C15H9FN2O3. The largest absolute Gasteiger partial charge is 0.478 e. The molecule has 0 aliphatic heterocycles. The number of hydrogen-bond acceptors (Lipinski definition) is 3.